The minimum Gasteiger partial charge on any atom is -0.490 e. The van der Waals surface area contributed by atoms with E-state index in [0.29, 0.717) is 36.7 Å². The first-order valence-corrected chi connectivity index (χ1v) is 8.15. The van der Waals surface area contributed by atoms with E-state index in [9.17, 15) is 18.0 Å². The zero-order valence-corrected chi connectivity index (χ0v) is 14.3. The molecule has 0 bridgehead atoms. The molecule has 7 heteroatoms. The van der Waals surface area contributed by atoms with Gasteiger partial charge in [0.05, 0.1) is 17.7 Å². The lowest BCUT2D eigenvalue weighted by Gasteiger charge is -2.12. The Labute approximate surface area is 149 Å². The molecule has 0 unspecified atom stereocenters. The third kappa shape index (κ3) is 5.77. The lowest BCUT2D eigenvalue weighted by molar-refractivity contribution is -0.137. The number of rotatable bonds is 8. The molecule has 0 spiro atoms. The van der Waals surface area contributed by atoms with E-state index in [1.165, 1.54) is 12.1 Å². The molecule has 4 nitrogen and oxygen atoms in total. The number of carbonyl (C=O) groups excluding carboxylic acids is 1. The van der Waals surface area contributed by atoms with Crippen LogP contribution in [0.25, 0.3) is 0 Å². The van der Waals surface area contributed by atoms with Crippen LogP contribution in [0.1, 0.15) is 28.4 Å². The fraction of sp³-hybridized carbons (Fsp3) is 0.316. The van der Waals surface area contributed by atoms with Crippen LogP contribution in [0.2, 0.25) is 0 Å². The topological polar surface area (TPSA) is 47.6 Å². The smallest absolute Gasteiger partial charge is 0.416 e. The van der Waals surface area contributed by atoms with Crippen molar-refractivity contribution in [2.75, 3.05) is 19.8 Å². The zero-order valence-electron chi connectivity index (χ0n) is 14.3. The van der Waals surface area contributed by atoms with Crippen LogP contribution in [0.15, 0.2) is 48.5 Å². The van der Waals surface area contributed by atoms with Gasteiger partial charge < -0.3 is 14.8 Å². The molecule has 1 N–H and O–H groups in total. The quantitative estimate of drug-likeness (QED) is 0.716. The number of hydrogen-bond acceptors (Lipinski definition) is 3. The van der Waals surface area contributed by atoms with Crippen LogP contribution in [0.5, 0.6) is 5.75 Å². The second-order valence-electron chi connectivity index (χ2n) is 5.42. The number of amides is 1. The highest BCUT2D eigenvalue weighted by atomic mass is 19.4. The summed E-state index contributed by atoms with van der Waals surface area (Å²) in [5.74, 6) is 0.0639. The molecule has 2 aromatic rings. The Bertz CT molecular complexity index is 715. The maximum Gasteiger partial charge on any atom is 0.416 e. The number of para-hydroxylation sites is 1. The van der Waals surface area contributed by atoms with Crippen LogP contribution >= 0.6 is 0 Å². The molecule has 2 rings (SSSR count). The molecule has 0 saturated carbocycles. The van der Waals surface area contributed by atoms with Crippen molar-refractivity contribution < 1.29 is 27.4 Å². The minimum absolute atomic E-state index is 0.115. The maximum atomic E-state index is 12.6. The number of hydrogen-bond donors (Lipinski definition) is 1. The maximum absolute atomic E-state index is 12.6. The molecular formula is C19H20F3NO3. The Balaban J connectivity index is 1.95. The van der Waals surface area contributed by atoms with Gasteiger partial charge in [-0.05, 0) is 36.8 Å². The Hall–Kier alpha value is -2.54. The molecule has 140 valence electrons. The Morgan fingerprint density at radius 2 is 1.73 bits per heavy atom. The van der Waals surface area contributed by atoms with Crippen molar-refractivity contribution in [1.82, 2.24) is 5.32 Å². The van der Waals surface area contributed by atoms with E-state index in [1.54, 1.807) is 24.3 Å². The largest absolute Gasteiger partial charge is 0.490 e. The second-order valence-corrected chi connectivity index (χ2v) is 5.42. The molecule has 0 radical (unpaired) electrons. The van der Waals surface area contributed by atoms with Gasteiger partial charge >= 0.3 is 6.18 Å². The van der Waals surface area contributed by atoms with Crippen LogP contribution in [0.3, 0.4) is 0 Å². The summed E-state index contributed by atoms with van der Waals surface area (Å²) in [6.07, 6.45) is -4.38. The van der Waals surface area contributed by atoms with Gasteiger partial charge in [0.1, 0.15) is 12.4 Å². The van der Waals surface area contributed by atoms with Gasteiger partial charge in [0, 0.05) is 13.2 Å². The molecule has 0 saturated heterocycles. The average molecular weight is 367 g/mol. The van der Waals surface area contributed by atoms with Gasteiger partial charge in [-0.1, -0.05) is 24.3 Å². The van der Waals surface area contributed by atoms with E-state index in [1.807, 2.05) is 6.92 Å². The van der Waals surface area contributed by atoms with Gasteiger partial charge in [0.15, 0.2) is 0 Å². The van der Waals surface area contributed by atoms with E-state index in [2.05, 4.69) is 5.32 Å². The van der Waals surface area contributed by atoms with E-state index in [0.717, 1.165) is 12.1 Å². The monoisotopic (exact) mass is 367 g/mol. The molecule has 2 aromatic carbocycles. The summed E-state index contributed by atoms with van der Waals surface area (Å²) in [5.41, 5.74) is 0.206. The highest BCUT2D eigenvalue weighted by molar-refractivity contribution is 5.96. The summed E-state index contributed by atoms with van der Waals surface area (Å²) in [6, 6.07) is 11.4. The van der Waals surface area contributed by atoms with Gasteiger partial charge in [-0.15, -0.1) is 0 Å². The van der Waals surface area contributed by atoms with Crippen molar-refractivity contribution in [1.29, 1.82) is 0 Å². The highest BCUT2D eigenvalue weighted by Gasteiger charge is 2.29. The van der Waals surface area contributed by atoms with E-state index in [-0.39, 0.29) is 12.5 Å². The van der Waals surface area contributed by atoms with Crippen molar-refractivity contribution in [3.63, 3.8) is 0 Å². The van der Waals surface area contributed by atoms with Crippen molar-refractivity contribution in [2.45, 2.75) is 19.6 Å². The molecule has 1 amide bonds. The molecule has 26 heavy (non-hydrogen) atoms. The Morgan fingerprint density at radius 3 is 2.38 bits per heavy atom. The van der Waals surface area contributed by atoms with Crippen LogP contribution < -0.4 is 10.1 Å². The number of nitrogens with one attached hydrogen (secondary N) is 1. The minimum atomic E-state index is -4.38. The number of halogens is 3. The second kappa shape index (κ2) is 9.24. The molecule has 0 fully saturated rings. The van der Waals surface area contributed by atoms with Crippen molar-refractivity contribution in [3.8, 4) is 5.75 Å². The first kappa shape index (κ1) is 19.8. The van der Waals surface area contributed by atoms with Crippen LogP contribution in [0.4, 0.5) is 13.2 Å². The van der Waals surface area contributed by atoms with Gasteiger partial charge in [-0.25, -0.2) is 0 Å². The first-order chi connectivity index (χ1) is 12.4. The van der Waals surface area contributed by atoms with Crippen LogP contribution in [-0.2, 0) is 17.5 Å². The van der Waals surface area contributed by atoms with Gasteiger partial charge in [-0.2, -0.15) is 13.2 Å². The fourth-order valence-electron chi connectivity index (χ4n) is 2.22. The lowest BCUT2D eigenvalue weighted by Crippen LogP contribution is -2.23. The predicted molar refractivity (Wildman–Crippen MR) is 91.0 cm³/mol. The molecule has 0 aliphatic heterocycles. The SMILES string of the molecule is CCOCCOc1ccccc1C(=O)NCc1ccc(C(F)(F)F)cc1. The molecule has 0 aliphatic rings. The van der Waals surface area contributed by atoms with Crippen molar-refractivity contribution >= 4 is 5.91 Å². The highest BCUT2D eigenvalue weighted by Crippen LogP contribution is 2.29. The van der Waals surface area contributed by atoms with Crippen molar-refractivity contribution in [2.24, 2.45) is 0 Å². The first-order valence-electron chi connectivity index (χ1n) is 8.15. The van der Waals surface area contributed by atoms with Crippen molar-refractivity contribution in [3.05, 3.63) is 65.2 Å². The standard InChI is InChI=1S/C19H20F3NO3/c1-2-25-11-12-26-17-6-4-3-5-16(17)18(24)23-13-14-7-9-15(10-8-14)19(20,21)22/h3-10H,2,11-13H2,1H3,(H,23,24). The summed E-state index contributed by atoms with van der Waals surface area (Å²) < 4.78 is 48.4. The third-order valence-electron chi connectivity index (χ3n) is 3.56. The molecular weight excluding hydrogens is 347 g/mol. The van der Waals surface area contributed by atoms with Gasteiger partial charge in [0.2, 0.25) is 0 Å². The molecule has 0 aromatic heterocycles. The number of ether oxygens (including phenoxy) is 2. The van der Waals surface area contributed by atoms with Gasteiger partial charge in [0.25, 0.3) is 5.91 Å². The summed E-state index contributed by atoms with van der Waals surface area (Å²) >= 11 is 0. The zero-order chi connectivity index (χ0) is 19.0. The third-order valence-corrected chi connectivity index (χ3v) is 3.56. The predicted octanol–water partition coefficient (Wildman–Crippen LogP) is 4.05. The normalized spacial score (nSPS) is 11.2. The summed E-state index contributed by atoms with van der Waals surface area (Å²) in [7, 11) is 0. The summed E-state index contributed by atoms with van der Waals surface area (Å²) in [6.45, 7) is 3.31. The number of alkyl halides is 3. The molecule has 0 heterocycles. The van der Waals surface area contributed by atoms with E-state index < -0.39 is 11.7 Å². The van der Waals surface area contributed by atoms with E-state index >= 15 is 0 Å². The summed E-state index contributed by atoms with van der Waals surface area (Å²) in [4.78, 5) is 12.4. The fourth-order valence-corrected chi connectivity index (χ4v) is 2.22. The van der Waals surface area contributed by atoms with Crippen LogP contribution in [-0.4, -0.2) is 25.7 Å². The Morgan fingerprint density at radius 1 is 1.04 bits per heavy atom. The molecule has 0 aliphatic carbocycles. The summed E-state index contributed by atoms with van der Waals surface area (Å²) in [5, 5.41) is 2.68. The number of benzene rings is 2. The van der Waals surface area contributed by atoms with Crippen LogP contribution in [0, 0.1) is 0 Å². The Kier molecular flexibility index (Phi) is 7.03. The average Bonchev–Trinajstić information content (AvgIpc) is 2.63. The molecule has 0 atom stereocenters. The number of carbonyl (C=O) groups is 1. The van der Waals surface area contributed by atoms with E-state index in [4.69, 9.17) is 9.47 Å². The lowest BCUT2D eigenvalue weighted by atomic mass is 10.1. The van der Waals surface area contributed by atoms with Gasteiger partial charge in [-0.3, -0.25) is 4.79 Å².